The Labute approximate surface area is 166 Å². The van der Waals surface area contributed by atoms with Gasteiger partial charge in [-0.25, -0.2) is 0 Å². The van der Waals surface area contributed by atoms with E-state index < -0.39 is 16.7 Å². The summed E-state index contributed by atoms with van der Waals surface area (Å²) in [6, 6.07) is 14.6. The molecule has 0 saturated heterocycles. The van der Waals surface area contributed by atoms with Crippen molar-refractivity contribution in [2.75, 3.05) is 19.0 Å². The lowest BCUT2D eigenvalue weighted by Gasteiger charge is -2.17. The number of nitro groups is 1. The van der Waals surface area contributed by atoms with Gasteiger partial charge in [-0.3, -0.25) is 30.6 Å². The van der Waals surface area contributed by atoms with Crippen molar-refractivity contribution in [3.8, 4) is 5.69 Å². The third kappa shape index (κ3) is 4.24. The maximum Gasteiger partial charge on any atom is 0.272 e. The molecule has 0 bridgehead atoms. The van der Waals surface area contributed by atoms with Crippen LogP contribution in [0.3, 0.4) is 0 Å². The fraction of sp³-hybridized carbons (Fsp3) is 0.100. The van der Waals surface area contributed by atoms with E-state index in [1.165, 1.54) is 18.2 Å². The number of nitrogens with zero attached hydrogens (tertiary/aromatic N) is 3. The zero-order valence-electron chi connectivity index (χ0n) is 15.8. The molecule has 0 aliphatic heterocycles. The molecule has 0 unspecified atom stereocenters. The largest absolute Gasteiger partial charge is 0.377 e. The summed E-state index contributed by atoms with van der Waals surface area (Å²) in [6.45, 7) is 0. The molecule has 0 spiro atoms. The molecule has 1 heterocycles. The number of para-hydroxylation sites is 1. The van der Waals surface area contributed by atoms with E-state index >= 15 is 0 Å². The molecular formula is C20H19N5O4. The zero-order chi connectivity index (χ0) is 21.0. The second kappa shape index (κ2) is 8.26. The second-order valence-corrected chi connectivity index (χ2v) is 6.37. The van der Waals surface area contributed by atoms with Crippen molar-refractivity contribution < 1.29 is 14.5 Å². The quantitative estimate of drug-likeness (QED) is 0.511. The van der Waals surface area contributed by atoms with E-state index in [-0.39, 0.29) is 11.3 Å². The minimum Gasteiger partial charge on any atom is -0.377 e. The number of amides is 2. The predicted molar refractivity (Wildman–Crippen MR) is 108 cm³/mol. The molecule has 2 amide bonds. The molecule has 9 heteroatoms. The van der Waals surface area contributed by atoms with Gasteiger partial charge in [0, 0.05) is 44.3 Å². The Morgan fingerprint density at radius 3 is 2.17 bits per heavy atom. The van der Waals surface area contributed by atoms with Gasteiger partial charge >= 0.3 is 0 Å². The van der Waals surface area contributed by atoms with Crippen LogP contribution in [0, 0.1) is 10.1 Å². The molecule has 0 atom stereocenters. The molecule has 9 nitrogen and oxygen atoms in total. The van der Waals surface area contributed by atoms with Crippen LogP contribution in [0.2, 0.25) is 0 Å². The lowest BCUT2D eigenvalue weighted by molar-refractivity contribution is -0.384. The highest BCUT2D eigenvalue weighted by atomic mass is 16.6. The van der Waals surface area contributed by atoms with Gasteiger partial charge in [0.1, 0.15) is 0 Å². The van der Waals surface area contributed by atoms with Crippen LogP contribution >= 0.6 is 0 Å². The molecule has 29 heavy (non-hydrogen) atoms. The fourth-order valence-electron chi connectivity index (χ4n) is 2.84. The molecule has 0 fully saturated rings. The summed E-state index contributed by atoms with van der Waals surface area (Å²) in [7, 11) is 3.42. The molecule has 0 aliphatic carbocycles. The minimum atomic E-state index is -0.663. The van der Waals surface area contributed by atoms with Gasteiger partial charge in [0.25, 0.3) is 17.5 Å². The summed E-state index contributed by atoms with van der Waals surface area (Å²) in [5.74, 6) is -1.18. The van der Waals surface area contributed by atoms with Gasteiger partial charge in [0.05, 0.1) is 21.7 Å². The van der Waals surface area contributed by atoms with Crippen LogP contribution in [0.5, 0.6) is 0 Å². The first-order valence-corrected chi connectivity index (χ1v) is 8.67. The first kappa shape index (κ1) is 19.6. The minimum absolute atomic E-state index is 0.0724. The van der Waals surface area contributed by atoms with Crippen molar-refractivity contribution in [2.24, 2.45) is 0 Å². The number of carbonyl (C=O) groups excluding carboxylic acids is 2. The van der Waals surface area contributed by atoms with Gasteiger partial charge < -0.3 is 9.47 Å². The number of benzene rings is 2. The van der Waals surface area contributed by atoms with Crippen LogP contribution in [0.1, 0.15) is 20.7 Å². The molecule has 2 N–H and O–H groups in total. The van der Waals surface area contributed by atoms with Gasteiger partial charge in [-0.1, -0.05) is 12.1 Å². The number of aromatic nitrogens is 1. The van der Waals surface area contributed by atoms with Crippen molar-refractivity contribution in [3.05, 3.63) is 88.2 Å². The average Bonchev–Trinajstić information content (AvgIpc) is 3.25. The monoisotopic (exact) mass is 393 g/mol. The van der Waals surface area contributed by atoms with E-state index in [0.29, 0.717) is 16.9 Å². The molecule has 1 aromatic heterocycles. The Balaban J connectivity index is 1.81. The summed E-state index contributed by atoms with van der Waals surface area (Å²) < 4.78 is 1.78. The maximum atomic E-state index is 12.6. The van der Waals surface area contributed by atoms with Crippen molar-refractivity contribution in [2.45, 2.75) is 0 Å². The summed E-state index contributed by atoms with van der Waals surface area (Å²) in [4.78, 5) is 37.4. The number of nitrogens with one attached hydrogen (secondary N) is 2. The van der Waals surface area contributed by atoms with Crippen LogP contribution < -0.4 is 15.8 Å². The molecule has 0 saturated carbocycles. The molecule has 3 aromatic rings. The number of anilines is 1. The zero-order valence-corrected chi connectivity index (χ0v) is 15.8. The smallest absolute Gasteiger partial charge is 0.272 e. The summed E-state index contributed by atoms with van der Waals surface area (Å²) >= 11 is 0. The van der Waals surface area contributed by atoms with Crippen molar-refractivity contribution in [1.82, 2.24) is 15.4 Å². The number of carbonyl (C=O) groups is 2. The van der Waals surface area contributed by atoms with Gasteiger partial charge in [-0.05, 0) is 30.3 Å². The van der Waals surface area contributed by atoms with E-state index in [1.54, 1.807) is 60.2 Å². The number of hydrogen-bond donors (Lipinski definition) is 2. The highest BCUT2D eigenvalue weighted by molar-refractivity contribution is 6.03. The van der Waals surface area contributed by atoms with Gasteiger partial charge in [-0.2, -0.15) is 0 Å². The highest BCUT2D eigenvalue weighted by Gasteiger charge is 2.19. The number of hydrazine groups is 1. The van der Waals surface area contributed by atoms with Crippen LogP contribution in [-0.2, 0) is 0 Å². The van der Waals surface area contributed by atoms with Crippen LogP contribution in [0.4, 0.5) is 11.4 Å². The standard InChI is InChI=1S/C20H19N5O4/c1-23(2)17-10-9-14(25(28)29)13-16(17)20(27)22-21-19(26)15-7-3-4-8-18(15)24-11-5-6-12-24/h3-13H,1-2H3,(H,21,26)(H,22,27). The summed E-state index contributed by atoms with van der Waals surface area (Å²) in [5.41, 5.74) is 6.05. The SMILES string of the molecule is CN(C)c1ccc([N+](=O)[O-])cc1C(=O)NNC(=O)c1ccccc1-n1cccc1. The van der Waals surface area contributed by atoms with Gasteiger partial charge in [0.15, 0.2) is 0 Å². The lowest BCUT2D eigenvalue weighted by Crippen LogP contribution is -2.42. The van der Waals surface area contributed by atoms with Crippen LogP contribution in [0.25, 0.3) is 5.69 Å². The lowest BCUT2D eigenvalue weighted by atomic mass is 10.1. The van der Waals surface area contributed by atoms with Crippen molar-refractivity contribution >= 4 is 23.2 Å². The van der Waals surface area contributed by atoms with E-state index in [0.717, 1.165) is 0 Å². The van der Waals surface area contributed by atoms with Crippen molar-refractivity contribution in [3.63, 3.8) is 0 Å². The number of nitro benzene ring substituents is 1. The molecule has 148 valence electrons. The molecular weight excluding hydrogens is 374 g/mol. The Morgan fingerprint density at radius 1 is 0.931 bits per heavy atom. The number of hydrogen-bond acceptors (Lipinski definition) is 5. The normalized spacial score (nSPS) is 10.3. The average molecular weight is 393 g/mol. The van der Waals surface area contributed by atoms with Crippen LogP contribution in [0.15, 0.2) is 67.0 Å². The Bertz CT molecular complexity index is 1060. The molecule has 3 rings (SSSR count). The second-order valence-electron chi connectivity index (χ2n) is 6.37. The van der Waals surface area contributed by atoms with Gasteiger partial charge in [0.2, 0.25) is 0 Å². The van der Waals surface area contributed by atoms with E-state index in [4.69, 9.17) is 0 Å². The Morgan fingerprint density at radius 2 is 1.55 bits per heavy atom. The van der Waals surface area contributed by atoms with Crippen LogP contribution in [-0.4, -0.2) is 35.4 Å². The van der Waals surface area contributed by atoms with E-state index in [1.807, 2.05) is 12.1 Å². The summed E-state index contributed by atoms with van der Waals surface area (Å²) in [5, 5.41) is 11.0. The van der Waals surface area contributed by atoms with Crippen molar-refractivity contribution in [1.29, 1.82) is 0 Å². The highest BCUT2D eigenvalue weighted by Crippen LogP contribution is 2.24. The Kier molecular flexibility index (Phi) is 5.59. The molecule has 2 aromatic carbocycles. The molecule has 0 aliphatic rings. The first-order valence-electron chi connectivity index (χ1n) is 8.67. The number of rotatable bonds is 5. The maximum absolute atomic E-state index is 12.6. The summed E-state index contributed by atoms with van der Waals surface area (Å²) in [6.07, 6.45) is 3.61. The topological polar surface area (TPSA) is 110 Å². The van der Waals surface area contributed by atoms with Gasteiger partial charge in [-0.15, -0.1) is 0 Å². The third-order valence-corrected chi connectivity index (χ3v) is 4.24. The number of non-ortho nitro benzene ring substituents is 1. The Hall–Kier alpha value is -4.14. The molecule has 0 radical (unpaired) electrons. The van der Waals surface area contributed by atoms with E-state index in [9.17, 15) is 19.7 Å². The predicted octanol–water partition coefficient (Wildman–Crippen LogP) is 2.53. The first-order chi connectivity index (χ1) is 13.9. The fourth-order valence-corrected chi connectivity index (χ4v) is 2.84. The third-order valence-electron chi connectivity index (χ3n) is 4.24. The van der Waals surface area contributed by atoms with E-state index in [2.05, 4.69) is 10.9 Å².